The summed E-state index contributed by atoms with van der Waals surface area (Å²) in [6, 6.07) is 4.85. The second-order valence-corrected chi connectivity index (χ2v) is 5.08. The quantitative estimate of drug-likeness (QED) is 0.782. The van der Waals surface area contributed by atoms with Crippen molar-refractivity contribution in [2.45, 2.75) is 13.5 Å². The number of nitrogens with zero attached hydrogens (tertiary/aromatic N) is 2. The lowest BCUT2D eigenvalue weighted by molar-refractivity contribution is 0.314. The number of aromatic nitrogens is 2. The van der Waals surface area contributed by atoms with E-state index in [4.69, 9.17) is 11.2 Å². The highest BCUT2D eigenvalue weighted by Crippen LogP contribution is 2.13. The third kappa shape index (κ3) is 4.44. The van der Waals surface area contributed by atoms with Crippen molar-refractivity contribution in [3.8, 4) is 18.2 Å². The van der Waals surface area contributed by atoms with Crippen LogP contribution in [0, 0.1) is 24.0 Å². The minimum atomic E-state index is -0.994. The Bertz CT molecular complexity index is 885. The van der Waals surface area contributed by atoms with Gasteiger partial charge in [0, 0.05) is 11.8 Å². The lowest BCUT2D eigenvalue weighted by atomic mass is 10.2. The zero-order valence-corrected chi connectivity index (χ0v) is 13.7. The van der Waals surface area contributed by atoms with Gasteiger partial charge in [0.25, 0.3) is 5.56 Å². The summed E-state index contributed by atoms with van der Waals surface area (Å²) in [5.41, 5.74) is 0.486. The van der Waals surface area contributed by atoms with Gasteiger partial charge in [0.1, 0.15) is 0 Å². The highest BCUT2D eigenvalue weighted by molar-refractivity contribution is 5.61. The van der Waals surface area contributed by atoms with Gasteiger partial charge in [-0.1, -0.05) is 18.6 Å². The number of rotatable bonds is 7. The highest BCUT2D eigenvalue weighted by atomic mass is 19.2. The van der Waals surface area contributed by atoms with Crippen LogP contribution >= 0.6 is 0 Å². The normalized spacial score (nSPS) is 10.2. The first-order chi connectivity index (χ1) is 12.0. The van der Waals surface area contributed by atoms with Crippen LogP contribution in [0.3, 0.4) is 0 Å². The fourth-order valence-corrected chi connectivity index (χ4v) is 2.12. The van der Waals surface area contributed by atoms with E-state index in [1.165, 1.54) is 12.1 Å². The molecule has 0 aliphatic heterocycles. The van der Waals surface area contributed by atoms with Gasteiger partial charge in [-0.2, -0.15) is 0 Å². The largest absolute Gasteiger partial charge is 0.477 e. The SMILES string of the molecule is C#CCNC(=C)c1cc(OCC)nn(Cc2ccc(F)c(F)c2)c1=O. The number of halogens is 2. The van der Waals surface area contributed by atoms with Gasteiger partial charge in [-0.05, 0) is 24.6 Å². The molecule has 5 nitrogen and oxygen atoms in total. The van der Waals surface area contributed by atoms with Crippen molar-refractivity contribution in [3.05, 3.63) is 64.0 Å². The molecule has 25 heavy (non-hydrogen) atoms. The maximum Gasteiger partial charge on any atom is 0.276 e. The van der Waals surface area contributed by atoms with Crippen molar-refractivity contribution in [2.75, 3.05) is 13.2 Å². The standard InChI is InChI=1S/C18H17F2N3O2/c1-4-8-21-12(3)14-10-17(25-5-2)22-23(18(14)24)11-13-6-7-15(19)16(20)9-13/h1,6-7,9-10,21H,3,5,8,11H2,2H3. The smallest absolute Gasteiger partial charge is 0.276 e. The summed E-state index contributed by atoms with van der Waals surface area (Å²) in [5, 5.41) is 6.92. The van der Waals surface area contributed by atoms with E-state index in [2.05, 4.69) is 22.9 Å². The van der Waals surface area contributed by atoms with Crippen LogP contribution in [0.1, 0.15) is 18.1 Å². The predicted octanol–water partition coefficient (Wildman–Crippen LogP) is 2.16. The summed E-state index contributed by atoms with van der Waals surface area (Å²) in [4.78, 5) is 12.6. The van der Waals surface area contributed by atoms with Gasteiger partial charge >= 0.3 is 0 Å². The van der Waals surface area contributed by atoms with E-state index in [9.17, 15) is 13.6 Å². The van der Waals surface area contributed by atoms with Gasteiger partial charge < -0.3 is 10.1 Å². The van der Waals surface area contributed by atoms with E-state index in [0.717, 1.165) is 16.8 Å². The molecule has 0 spiro atoms. The number of terminal acetylenes is 1. The molecule has 0 amide bonds. The molecule has 0 atom stereocenters. The van der Waals surface area contributed by atoms with E-state index >= 15 is 0 Å². The molecule has 0 unspecified atom stereocenters. The molecule has 130 valence electrons. The second kappa shape index (κ2) is 8.11. The van der Waals surface area contributed by atoms with Gasteiger partial charge in [0.15, 0.2) is 11.6 Å². The van der Waals surface area contributed by atoms with E-state index < -0.39 is 17.2 Å². The van der Waals surface area contributed by atoms with Crippen molar-refractivity contribution >= 4 is 5.70 Å². The van der Waals surface area contributed by atoms with Crippen LogP contribution in [0.2, 0.25) is 0 Å². The minimum Gasteiger partial charge on any atom is -0.477 e. The molecule has 0 fully saturated rings. The average Bonchev–Trinajstić information content (AvgIpc) is 2.59. The molecule has 0 aliphatic carbocycles. The molecule has 0 radical (unpaired) electrons. The van der Waals surface area contributed by atoms with Crippen molar-refractivity contribution in [1.82, 2.24) is 15.1 Å². The first-order valence-electron chi connectivity index (χ1n) is 7.51. The van der Waals surface area contributed by atoms with E-state index in [-0.39, 0.29) is 24.5 Å². The maximum atomic E-state index is 13.4. The van der Waals surface area contributed by atoms with Gasteiger partial charge in [-0.25, -0.2) is 13.5 Å². The first kappa shape index (κ1) is 18.2. The average molecular weight is 345 g/mol. The van der Waals surface area contributed by atoms with Crippen LogP contribution in [0.25, 0.3) is 5.70 Å². The van der Waals surface area contributed by atoms with Gasteiger partial charge in [-0.15, -0.1) is 11.5 Å². The molecule has 0 saturated carbocycles. The van der Waals surface area contributed by atoms with Crippen LogP contribution in [-0.4, -0.2) is 22.9 Å². The Kier molecular flexibility index (Phi) is 5.90. The lowest BCUT2D eigenvalue weighted by Crippen LogP contribution is -2.29. The summed E-state index contributed by atoms with van der Waals surface area (Å²) in [6.07, 6.45) is 5.19. The molecule has 2 rings (SSSR count). The molecule has 1 aromatic carbocycles. The summed E-state index contributed by atoms with van der Waals surface area (Å²) in [6.45, 7) is 6.06. The van der Waals surface area contributed by atoms with E-state index in [0.29, 0.717) is 17.9 Å². The van der Waals surface area contributed by atoms with Gasteiger partial charge in [0.05, 0.1) is 25.3 Å². The molecule has 1 N–H and O–H groups in total. The van der Waals surface area contributed by atoms with Crippen LogP contribution in [0.5, 0.6) is 5.88 Å². The second-order valence-electron chi connectivity index (χ2n) is 5.08. The monoisotopic (exact) mass is 345 g/mol. The van der Waals surface area contributed by atoms with E-state index in [1.54, 1.807) is 6.92 Å². The number of nitrogens with one attached hydrogen (secondary N) is 1. The van der Waals surface area contributed by atoms with Crippen LogP contribution in [-0.2, 0) is 6.54 Å². The summed E-state index contributed by atoms with van der Waals surface area (Å²) < 4.78 is 32.9. The van der Waals surface area contributed by atoms with Gasteiger partial charge in [0.2, 0.25) is 5.88 Å². The summed E-state index contributed by atoms with van der Waals surface area (Å²) >= 11 is 0. The van der Waals surface area contributed by atoms with Crippen LogP contribution in [0.15, 0.2) is 35.6 Å². The van der Waals surface area contributed by atoms with Crippen LogP contribution in [0.4, 0.5) is 8.78 Å². The number of hydrogen-bond donors (Lipinski definition) is 1. The Morgan fingerprint density at radius 3 is 2.80 bits per heavy atom. The fourth-order valence-electron chi connectivity index (χ4n) is 2.12. The molecule has 7 heteroatoms. The molecular weight excluding hydrogens is 328 g/mol. The third-order valence-electron chi connectivity index (χ3n) is 3.29. The molecule has 0 saturated heterocycles. The molecular formula is C18H17F2N3O2. The topological polar surface area (TPSA) is 56.1 Å². The Hall–Kier alpha value is -3.14. The Morgan fingerprint density at radius 2 is 2.16 bits per heavy atom. The van der Waals surface area contributed by atoms with Gasteiger partial charge in [-0.3, -0.25) is 4.79 Å². The van der Waals surface area contributed by atoms with Crippen molar-refractivity contribution in [2.24, 2.45) is 0 Å². The Morgan fingerprint density at radius 1 is 1.40 bits per heavy atom. The highest BCUT2D eigenvalue weighted by Gasteiger charge is 2.13. The van der Waals surface area contributed by atoms with Crippen LogP contribution < -0.4 is 15.6 Å². The number of hydrogen-bond acceptors (Lipinski definition) is 4. The number of benzene rings is 1. The van der Waals surface area contributed by atoms with E-state index in [1.807, 2.05) is 0 Å². The van der Waals surface area contributed by atoms with Crippen molar-refractivity contribution in [3.63, 3.8) is 0 Å². The lowest BCUT2D eigenvalue weighted by Gasteiger charge is -2.13. The Labute approximate surface area is 143 Å². The molecule has 2 aromatic rings. The molecule has 1 heterocycles. The maximum absolute atomic E-state index is 13.4. The minimum absolute atomic E-state index is 0.0492. The van der Waals surface area contributed by atoms with Crippen molar-refractivity contribution < 1.29 is 13.5 Å². The fraction of sp³-hybridized carbons (Fsp3) is 0.222. The van der Waals surface area contributed by atoms with Crippen molar-refractivity contribution in [1.29, 1.82) is 0 Å². The zero-order chi connectivity index (χ0) is 18.4. The molecule has 0 aliphatic rings. The first-order valence-corrected chi connectivity index (χ1v) is 7.51. The predicted molar refractivity (Wildman–Crippen MR) is 91.0 cm³/mol. The summed E-state index contributed by atoms with van der Waals surface area (Å²) in [5.74, 6) is 0.648. The summed E-state index contributed by atoms with van der Waals surface area (Å²) in [7, 11) is 0. The molecule has 1 aromatic heterocycles. The Balaban J connectivity index is 2.43. The zero-order valence-electron chi connectivity index (χ0n) is 13.7. The number of ether oxygens (including phenoxy) is 1. The third-order valence-corrected chi connectivity index (χ3v) is 3.29. The molecule has 0 bridgehead atoms.